The average molecular weight is 273 g/mol. The molecular weight excluding hydrogens is 264 g/mol. The van der Waals surface area contributed by atoms with E-state index >= 15 is 0 Å². The summed E-state index contributed by atoms with van der Waals surface area (Å²) in [5.74, 6) is -1.32. The van der Waals surface area contributed by atoms with E-state index in [-0.39, 0.29) is 5.56 Å². The molecule has 1 atom stereocenters. The fourth-order valence-corrected chi connectivity index (χ4v) is 1.18. The highest BCUT2D eigenvalue weighted by atomic mass is 79.9. The summed E-state index contributed by atoms with van der Waals surface area (Å²) in [6, 6.07) is 1.54. The maximum atomic E-state index is 11.4. The van der Waals surface area contributed by atoms with Crippen LogP contribution in [0.25, 0.3) is 0 Å². The van der Waals surface area contributed by atoms with Crippen LogP contribution in [0.4, 0.5) is 0 Å². The molecule has 1 aromatic rings. The quantitative estimate of drug-likeness (QED) is 0.828. The van der Waals surface area contributed by atoms with Gasteiger partial charge in [-0.3, -0.25) is 9.78 Å². The minimum absolute atomic E-state index is 0.262. The number of halogens is 1. The van der Waals surface area contributed by atoms with Crippen LogP contribution in [0.3, 0.4) is 0 Å². The molecule has 2 N–H and O–H groups in total. The summed E-state index contributed by atoms with van der Waals surface area (Å²) in [6.07, 6.45) is 1.94. The van der Waals surface area contributed by atoms with Crippen molar-refractivity contribution in [2.45, 2.75) is 13.0 Å². The van der Waals surface area contributed by atoms with Gasteiger partial charge in [0.2, 0.25) is 0 Å². The first-order valence-corrected chi connectivity index (χ1v) is 4.91. The zero-order chi connectivity index (χ0) is 11.4. The van der Waals surface area contributed by atoms with Gasteiger partial charge < -0.3 is 10.5 Å². The predicted octanol–water partition coefficient (Wildman–Crippen LogP) is 0.875. The van der Waals surface area contributed by atoms with E-state index in [0.717, 1.165) is 0 Å². The summed E-state index contributed by atoms with van der Waals surface area (Å²) in [6.45, 7) is 1.41. The van der Waals surface area contributed by atoms with Gasteiger partial charge >= 0.3 is 5.97 Å². The van der Waals surface area contributed by atoms with Crippen LogP contribution in [-0.4, -0.2) is 23.0 Å². The summed E-state index contributed by atoms with van der Waals surface area (Å²) in [5.41, 5.74) is 5.21. The molecular formula is C9H9BrN2O3. The fourth-order valence-electron chi connectivity index (χ4n) is 0.810. The number of nitrogens with two attached hydrogens (primary N) is 1. The Morgan fingerprint density at radius 1 is 1.53 bits per heavy atom. The van der Waals surface area contributed by atoms with E-state index in [1.54, 1.807) is 6.07 Å². The lowest BCUT2D eigenvalue weighted by molar-refractivity contribution is -0.125. The van der Waals surface area contributed by atoms with Crippen LogP contribution in [0, 0.1) is 0 Å². The van der Waals surface area contributed by atoms with Crippen molar-refractivity contribution >= 4 is 27.8 Å². The summed E-state index contributed by atoms with van der Waals surface area (Å²) in [7, 11) is 0. The van der Waals surface area contributed by atoms with Crippen molar-refractivity contribution in [3.8, 4) is 0 Å². The Balaban J connectivity index is 2.73. The monoisotopic (exact) mass is 272 g/mol. The minimum atomic E-state index is -0.948. The van der Waals surface area contributed by atoms with Gasteiger partial charge in [-0.05, 0) is 28.9 Å². The Bertz CT molecular complexity index is 395. The molecule has 15 heavy (non-hydrogen) atoms. The van der Waals surface area contributed by atoms with Gasteiger partial charge in [-0.15, -0.1) is 0 Å². The number of nitrogens with zero attached hydrogens (tertiary/aromatic N) is 1. The van der Waals surface area contributed by atoms with Crippen molar-refractivity contribution in [3.05, 3.63) is 28.5 Å². The van der Waals surface area contributed by atoms with E-state index in [2.05, 4.69) is 20.9 Å². The van der Waals surface area contributed by atoms with Crippen molar-refractivity contribution < 1.29 is 14.3 Å². The number of carbonyl (C=O) groups is 2. The van der Waals surface area contributed by atoms with Crippen LogP contribution in [0.5, 0.6) is 0 Å². The molecule has 5 nitrogen and oxygen atoms in total. The molecule has 0 aliphatic carbocycles. The average Bonchev–Trinajstić information content (AvgIpc) is 2.17. The number of pyridine rings is 1. The summed E-state index contributed by atoms with van der Waals surface area (Å²) < 4.78 is 5.43. The van der Waals surface area contributed by atoms with Crippen molar-refractivity contribution in [2.24, 2.45) is 5.73 Å². The van der Waals surface area contributed by atoms with E-state index in [1.165, 1.54) is 19.3 Å². The molecule has 0 saturated heterocycles. The van der Waals surface area contributed by atoms with Crippen molar-refractivity contribution in [1.82, 2.24) is 4.98 Å². The Labute approximate surface area is 94.8 Å². The number of amides is 1. The van der Waals surface area contributed by atoms with Crippen LogP contribution in [0.1, 0.15) is 17.3 Å². The van der Waals surface area contributed by atoms with E-state index in [0.29, 0.717) is 4.47 Å². The van der Waals surface area contributed by atoms with E-state index < -0.39 is 18.0 Å². The molecule has 1 aromatic heterocycles. The molecule has 0 aliphatic rings. The number of hydrogen-bond donors (Lipinski definition) is 1. The van der Waals surface area contributed by atoms with E-state index in [9.17, 15) is 9.59 Å². The van der Waals surface area contributed by atoms with Crippen LogP contribution < -0.4 is 5.73 Å². The van der Waals surface area contributed by atoms with Gasteiger partial charge in [-0.2, -0.15) is 0 Å². The second-order valence-corrected chi connectivity index (χ2v) is 3.76. The molecule has 0 fully saturated rings. The third kappa shape index (κ3) is 3.32. The lowest BCUT2D eigenvalue weighted by atomic mass is 10.3. The van der Waals surface area contributed by atoms with E-state index in [1.807, 2.05) is 0 Å². The van der Waals surface area contributed by atoms with Gasteiger partial charge in [0.05, 0.1) is 5.56 Å². The van der Waals surface area contributed by atoms with Crippen molar-refractivity contribution in [1.29, 1.82) is 0 Å². The number of aromatic nitrogens is 1. The number of esters is 1. The van der Waals surface area contributed by atoms with E-state index in [4.69, 9.17) is 10.5 Å². The second-order valence-electron chi connectivity index (χ2n) is 2.84. The molecule has 1 amide bonds. The molecule has 0 aromatic carbocycles. The molecule has 0 bridgehead atoms. The SMILES string of the molecule is C[C@H](OC(=O)c1cncc(Br)c1)C(N)=O. The zero-order valence-corrected chi connectivity index (χ0v) is 9.52. The Morgan fingerprint density at radius 3 is 2.73 bits per heavy atom. The van der Waals surface area contributed by atoms with Crippen molar-refractivity contribution in [2.75, 3.05) is 0 Å². The second kappa shape index (κ2) is 4.88. The highest BCUT2D eigenvalue weighted by Crippen LogP contribution is 2.11. The Hall–Kier alpha value is -1.43. The summed E-state index contributed by atoms with van der Waals surface area (Å²) in [4.78, 5) is 25.9. The highest BCUT2D eigenvalue weighted by Gasteiger charge is 2.16. The van der Waals surface area contributed by atoms with Crippen LogP contribution in [-0.2, 0) is 9.53 Å². The molecule has 0 radical (unpaired) electrons. The first-order chi connectivity index (χ1) is 7.00. The standard InChI is InChI=1S/C9H9BrN2O3/c1-5(8(11)13)15-9(14)6-2-7(10)4-12-3-6/h2-5H,1H3,(H2,11,13)/t5-/m0/s1. The number of ether oxygens (including phenoxy) is 1. The third-order valence-corrected chi connectivity index (χ3v) is 2.06. The first-order valence-electron chi connectivity index (χ1n) is 4.11. The first kappa shape index (κ1) is 11.6. The van der Waals surface area contributed by atoms with Gasteiger partial charge in [0.25, 0.3) is 5.91 Å². The maximum absolute atomic E-state index is 11.4. The largest absolute Gasteiger partial charge is 0.449 e. The van der Waals surface area contributed by atoms with Crippen LogP contribution in [0.15, 0.2) is 22.9 Å². The molecule has 1 heterocycles. The van der Waals surface area contributed by atoms with Crippen LogP contribution >= 0.6 is 15.9 Å². The minimum Gasteiger partial charge on any atom is -0.449 e. The molecule has 6 heteroatoms. The Morgan fingerprint density at radius 2 is 2.20 bits per heavy atom. The molecule has 80 valence electrons. The number of hydrogen-bond acceptors (Lipinski definition) is 4. The zero-order valence-electron chi connectivity index (χ0n) is 7.94. The molecule has 0 saturated carbocycles. The topological polar surface area (TPSA) is 82.3 Å². The number of carbonyl (C=O) groups excluding carboxylic acids is 2. The lowest BCUT2D eigenvalue weighted by Gasteiger charge is -2.08. The summed E-state index contributed by atoms with van der Waals surface area (Å²) >= 11 is 3.16. The van der Waals surface area contributed by atoms with Gasteiger partial charge in [0.15, 0.2) is 6.10 Å². The smallest absolute Gasteiger partial charge is 0.340 e. The Kier molecular flexibility index (Phi) is 3.79. The van der Waals surface area contributed by atoms with Gasteiger partial charge in [-0.25, -0.2) is 4.79 Å². The maximum Gasteiger partial charge on any atom is 0.340 e. The number of primary amides is 1. The molecule has 0 unspecified atom stereocenters. The van der Waals surface area contributed by atoms with Gasteiger partial charge in [-0.1, -0.05) is 0 Å². The number of rotatable bonds is 3. The highest BCUT2D eigenvalue weighted by molar-refractivity contribution is 9.10. The van der Waals surface area contributed by atoms with Crippen molar-refractivity contribution in [3.63, 3.8) is 0 Å². The fraction of sp³-hybridized carbons (Fsp3) is 0.222. The van der Waals surface area contributed by atoms with Gasteiger partial charge in [0.1, 0.15) is 0 Å². The molecule has 1 rings (SSSR count). The predicted molar refractivity (Wildman–Crippen MR) is 56.0 cm³/mol. The molecule has 0 aliphatic heterocycles. The molecule has 0 spiro atoms. The van der Waals surface area contributed by atoms with Gasteiger partial charge in [0, 0.05) is 16.9 Å². The third-order valence-electron chi connectivity index (χ3n) is 1.63. The normalized spacial score (nSPS) is 11.9. The summed E-state index contributed by atoms with van der Waals surface area (Å²) in [5, 5.41) is 0. The lowest BCUT2D eigenvalue weighted by Crippen LogP contribution is -2.30. The van der Waals surface area contributed by atoms with Crippen LogP contribution in [0.2, 0.25) is 0 Å².